The van der Waals surface area contributed by atoms with Gasteiger partial charge in [0, 0.05) is 13.7 Å². The molecule has 0 amide bonds. The molecule has 1 rings (SSSR count). The molecule has 0 aliphatic rings. The molecule has 0 saturated heterocycles. The summed E-state index contributed by atoms with van der Waals surface area (Å²) >= 11 is 0. The quantitative estimate of drug-likeness (QED) is 0.654. The third-order valence-electron chi connectivity index (χ3n) is 2.34. The highest BCUT2D eigenvalue weighted by Crippen LogP contribution is 2.18. The largest absolute Gasteiger partial charge is 0.494 e. The fraction of sp³-hybridized carbons (Fsp3) is 0.429. The second-order valence-electron chi connectivity index (χ2n) is 3.86. The smallest absolute Gasteiger partial charge is 0.119 e. The third kappa shape index (κ3) is 4.49. The van der Waals surface area contributed by atoms with E-state index in [1.54, 1.807) is 7.11 Å². The average Bonchev–Trinajstić information content (AvgIpc) is 2.29. The zero-order valence-corrected chi connectivity index (χ0v) is 10.2. The molecule has 2 heteroatoms. The molecular formula is C14H20O2. The molecule has 0 fully saturated rings. The van der Waals surface area contributed by atoms with Crippen molar-refractivity contribution < 1.29 is 9.47 Å². The standard InChI is InChI=1S/C14H20O2/c1-12(2)13-7-6-8-14(11-13)16-10-5-4-9-15-3/h6-8,11H,1,4-5,9-10H2,2-3H3. The SMILES string of the molecule is C=C(C)c1cccc(OCCCCOC)c1. The minimum Gasteiger partial charge on any atom is -0.494 e. The van der Waals surface area contributed by atoms with Crippen molar-refractivity contribution in [1.29, 1.82) is 0 Å². The molecule has 2 nitrogen and oxygen atoms in total. The second-order valence-corrected chi connectivity index (χ2v) is 3.86. The first-order chi connectivity index (χ1) is 7.74. The molecule has 0 N–H and O–H groups in total. The molecule has 0 unspecified atom stereocenters. The van der Waals surface area contributed by atoms with Crippen molar-refractivity contribution in [3.05, 3.63) is 36.4 Å². The minimum absolute atomic E-state index is 0.739. The molecular weight excluding hydrogens is 200 g/mol. The monoisotopic (exact) mass is 220 g/mol. The van der Waals surface area contributed by atoms with E-state index in [0.717, 1.165) is 42.9 Å². The fourth-order valence-corrected chi connectivity index (χ4v) is 1.39. The molecule has 88 valence electrons. The van der Waals surface area contributed by atoms with Crippen LogP contribution in [0.3, 0.4) is 0 Å². The van der Waals surface area contributed by atoms with Crippen molar-refractivity contribution in [3.63, 3.8) is 0 Å². The molecule has 0 radical (unpaired) electrons. The minimum atomic E-state index is 0.739. The zero-order chi connectivity index (χ0) is 11.8. The Morgan fingerprint density at radius 2 is 2.00 bits per heavy atom. The fourth-order valence-electron chi connectivity index (χ4n) is 1.39. The van der Waals surface area contributed by atoms with Gasteiger partial charge in [0.25, 0.3) is 0 Å². The maximum Gasteiger partial charge on any atom is 0.119 e. The predicted molar refractivity (Wildman–Crippen MR) is 67.8 cm³/mol. The normalized spacial score (nSPS) is 10.1. The summed E-state index contributed by atoms with van der Waals surface area (Å²) in [6.45, 7) is 7.45. The predicted octanol–water partition coefficient (Wildman–Crippen LogP) is 3.53. The van der Waals surface area contributed by atoms with Crippen molar-refractivity contribution in [2.24, 2.45) is 0 Å². The van der Waals surface area contributed by atoms with E-state index in [1.807, 2.05) is 31.2 Å². The zero-order valence-electron chi connectivity index (χ0n) is 10.2. The first-order valence-electron chi connectivity index (χ1n) is 5.61. The summed E-state index contributed by atoms with van der Waals surface area (Å²) in [5, 5.41) is 0. The maximum atomic E-state index is 5.65. The lowest BCUT2D eigenvalue weighted by Crippen LogP contribution is -1.99. The van der Waals surface area contributed by atoms with E-state index in [1.165, 1.54) is 0 Å². The van der Waals surface area contributed by atoms with Crippen LogP contribution in [0, 0.1) is 0 Å². The second kappa shape index (κ2) is 7.07. The van der Waals surface area contributed by atoms with Crippen LogP contribution in [-0.4, -0.2) is 20.3 Å². The van der Waals surface area contributed by atoms with Crippen LogP contribution in [0.5, 0.6) is 5.75 Å². The lowest BCUT2D eigenvalue weighted by molar-refractivity contribution is 0.184. The Balaban J connectivity index is 2.36. The van der Waals surface area contributed by atoms with Gasteiger partial charge in [0.1, 0.15) is 5.75 Å². The van der Waals surface area contributed by atoms with Gasteiger partial charge in [-0.15, -0.1) is 0 Å². The number of allylic oxidation sites excluding steroid dienone is 1. The van der Waals surface area contributed by atoms with Crippen molar-refractivity contribution in [3.8, 4) is 5.75 Å². The lowest BCUT2D eigenvalue weighted by atomic mass is 10.1. The van der Waals surface area contributed by atoms with E-state index < -0.39 is 0 Å². The van der Waals surface area contributed by atoms with Crippen LogP contribution in [0.1, 0.15) is 25.3 Å². The van der Waals surface area contributed by atoms with Gasteiger partial charge in [-0.3, -0.25) is 0 Å². The van der Waals surface area contributed by atoms with Gasteiger partial charge in [0.2, 0.25) is 0 Å². The highest BCUT2D eigenvalue weighted by molar-refractivity contribution is 5.62. The Kier molecular flexibility index (Phi) is 5.65. The molecule has 0 atom stereocenters. The van der Waals surface area contributed by atoms with Crippen LogP contribution >= 0.6 is 0 Å². The van der Waals surface area contributed by atoms with Gasteiger partial charge in [-0.05, 0) is 37.5 Å². The molecule has 0 heterocycles. The summed E-state index contributed by atoms with van der Waals surface area (Å²) in [6.07, 6.45) is 2.06. The van der Waals surface area contributed by atoms with E-state index in [-0.39, 0.29) is 0 Å². The Morgan fingerprint density at radius 3 is 2.69 bits per heavy atom. The molecule has 0 aromatic heterocycles. The molecule has 1 aromatic carbocycles. The van der Waals surface area contributed by atoms with Gasteiger partial charge in [-0.2, -0.15) is 0 Å². The molecule has 0 bridgehead atoms. The Labute approximate surface area is 97.9 Å². The van der Waals surface area contributed by atoms with Gasteiger partial charge < -0.3 is 9.47 Å². The van der Waals surface area contributed by atoms with Gasteiger partial charge in [0.15, 0.2) is 0 Å². The van der Waals surface area contributed by atoms with Crippen molar-refractivity contribution in [2.75, 3.05) is 20.3 Å². The van der Waals surface area contributed by atoms with Crippen LogP contribution in [0.25, 0.3) is 5.57 Å². The first-order valence-corrected chi connectivity index (χ1v) is 5.61. The van der Waals surface area contributed by atoms with E-state index >= 15 is 0 Å². The number of hydrogen-bond acceptors (Lipinski definition) is 2. The highest BCUT2D eigenvalue weighted by atomic mass is 16.5. The topological polar surface area (TPSA) is 18.5 Å². The summed E-state index contributed by atoms with van der Waals surface area (Å²) in [7, 11) is 1.72. The Morgan fingerprint density at radius 1 is 1.25 bits per heavy atom. The Bertz CT molecular complexity index is 331. The summed E-state index contributed by atoms with van der Waals surface area (Å²) in [5.41, 5.74) is 2.19. The molecule has 1 aromatic rings. The summed E-state index contributed by atoms with van der Waals surface area (Å²) in [4.78, 5) is 0. The van der Waals surface area contributed by atoms with Crippen LogP contribution < -0.4 is 4.74 Å². The lowest BCUT2D eigenvalue weighted by Gasteiger charge is -2.07. The van der Waals surface area contributed by atoms with Gasteiger partial charge in [0.05, 0.1) is 6.61 Å². The van der Waals surface area contributed by atoms with Crippen molar-refractivity contribution in [1.82, 2.24) is 0 Å². The van der Waals surface area contributed by atoms with Gasteiger partial charge in [-0.25, -0.2) is 0 Å². The number of hydrogen-bond donors (Lipinski definition) is 0. The third-order valence-corrected chi connectivity index (χ3v) is 2.34. The maximum absolute atomic E-state index is 5.65. The van der Waals surface area contributed by atoms with Crippen LogP contribution in [0.15, 0.2) is 30.8 Å². The Hall–Kier alpha value is -1.28. The average molecular weight is 220 g/mol. The van der Waals surface area contributed by atoms with E-state index in [2.05, 4.69) is 6.58 Å². The summed E-state index contributed by atoms with van der Waals surface area (Å²) in [6, 6.07) is 8.04. The van der Waals surface area contributed by atoms with Gasteiger partial charge >= 0.3 is 0 Å². The molecule has 0 aliphatic carbocycles. The first kappa shape index (κ1) is 12.8. The van der Waals surface area contributed by atoms with E-state index in [4.69, 9.17) is 9.47 Å². The summed E-state index contributed by atoms with van der Waals surface area (Å²) < 4.78 is 10.6. The summed E-state index contributed by atoms with van der Waals surface area (Å²) in [5.74, 6) is 0.915. The number of rotatable bonds is 7. The van der Waals surface area contributed by atoms with Gasteiger partial charge in [-0.1, -0.05) is 24.3 Å². The molecule has 0 saturated carbocycles. The molecule has 0 aliphatic heterocycles. The highest BCUT2D eigenvalue weighted by Gasteiger charge is 1.97. The number of unbranched alkanes of at least 4 members (excludes halogenated alkanes) is 1. The number of benzene rings is 1. The molecule has 0 spiro atoms. The van der Waals surface area contributed by atoms with E-state index in [9.17, 15) is 0 Å². The van der Waals surface area contributed by atoms with Crippen molar-refractivity contribution in [2.45, 2.75) is 19.8 Å². The molecule has 16 heavy (non-hydrogen) atoms. The van der Waals surface area contributed by atoms with Crippen LogP contribution in [0.2, 0.25) is 0 Å². The van der Waals surface area contributed by atoms with Crippen LogP contribution in [0.4, 0.5) is 0 Å². The van der Waals surface area contributed by atoms with Crippen molar-refractivity contribution >= 4 is 5.57 Å². The van der Waals surface area contributed by atoms with Crippen LogP contribution in [-0.2, 0) is 4.74 Å². The van der Waals surface area contributed by atoms with E-state index in [0.29, 0.717) is 0 Å². The number of ether oxygens (including phenoxy) is 2. The number of methoxy groups -OCH3 is 1.